The van der Waals surface area contributed by atoms with E-state index < -0.39 is 0 Å². The number of hydrazine groups is 1. The van der Waals surface area contributed by atoms with Crippen LogP contribution < -0.4 is 5.43 Å². The van der Waals surface area contributed by atoms with Gasteiger partial charge in [0.1, 0.15) is 6.54 Å². The van der Waals surface area contributed by atoms with E-state index in [1.807, 2.05) is 18.9 Å². The number of carbonyl (C=O) groups excluding carboxylic acids is 1. The number of rotatable bonds is 5. The Kier molecular flexibility index (Phi) is 5.78. The molecule has 0 saturated carbocycles. The van der Waals surface area contributed by atoms with Gasteiger partial charge >= 0.3 is 5.97 Å². The van der Waals surface area contributed by atoms with Crippen LogP contribution >= 0.6 is 0 Å². The molecule has 4 heteroatoms. The van der Waals surface area contributed by atoms with Gasteiger partial charge in [0.2, 0.25) is 0 Å². The molecule has 0 spiro atoms. The van der Waals surface area contributed by atoms with Crippen LogP contribution in [0.1, 0.15) is 13.8 Å². The molecule has 0 aliphatic rings. The first-order valence-electron chi connectivity index (χ1n) is 3.79. The van der Waals surface area contributed by atoms with Crippen molar-refractivity contribution in [1.29, 1.82) is 0 Å². The molecule has 0 unspecified atom stereocenters. The zero-order valence-electron chi connectivity index (χ0n) is 7.39. The van der Waals surface area contributed by atoms with E-state index in [9.17, 15) is 4.79 Å². The standard InChI is InChI=1S/C7H16N2O2/c1-4-9(5-2)8-6-7(10)11-3/h8H,4-6H2,1-3H3. The van der Waals surface area contributed by atoms with Crippen molar-refractivity contribution in [2.24, 2.45) is 0 Å². The van der Waals surface area contributed by atoms with Gasteiger partial charge < -0.3 is 4.74 Å². The highest BCUT2D eigenvalue weighted by Crippen LogP contribution is 1.79. The number of nitrogens with zero attached hydrogens (tertiary/aromatic N) is 1. The van der Waals surface area contributed by atoms with E-state index in [4.69, 9.17) is 0 Å². The normalized spacial score (nSPS) is 10.2. The number of hydrogen-bond donors (Lipinski definition) is 1. The first-order valence-corrected chi connectivity index (χ1v) is 3.79. The molecule has 0 rings (SSSR count). The Hall–Kier alpha value is -0.610. The molecule has 0 fully saturated rings. The lowest BCUT2D eigenvalue weighted by Gasteiger charge is -2.18. The summed E-state index contributed by atoms with van der Waals surface area (Å²) in [6, 6.07) is 0. The second-order valence-electron chi connectivity index (χ2n) is 2.08. The Morgan fingerprint density at radius 3 is 2.36 bits per heavy atom. The molecule has 0 aliphatic carbocycles. The van der Waals surface area contributed by atoms with Crippen molar-refractivity contribution < 1.29 is 9.53 Å². The average Bonchev–Trinajstić information content (AvgIpc) is 2.06. The van der Waals surface area contributed by atoms with Gasteiger partial charge in [-0.3, -0.25) is 4.79 Å². The third-order valence-corrected chi connectivity index (χ3v) is 1.44. The second-order valence-corrected chi connectivity index (χ2v) is 2.08. The van der Waals surface area contributed by atoms with Crippen LogP contribution in [0, 0.1) is 0 Å². The third-order valence-electron chi connectivity index (χ3n) is 1.44. The van der Waals surface area contributed by atoms with Gasteiger partial charge in [-0.15, -0.1) is 0 Å². The molecule has 0 bridgehead atoms. The lowest BCUT2D eigenvalue weighted by molar-refractivity contribution is -0.140. The molecule has 11 heavy (non-hydrogen) atoms. The molecule has 0 aromatic heterocycles. The zero-order chi connectivity index (χ0) is 8.69. The summed E-state index contributed by atoms with van der Waals surface area (Å²) in [6.07, 6.45) is 0. The summed E-state index contributed by atoms with van der Waals surface area (Å²) in [7, 11) is 1.38. The fourth-order valence-corrected chi connectivity index (χ4v) is 0.696. The Labute approximate surface area is 67.5 Å². The van der Waals surface area contributed by atoms with E-state index in [2.05, 4.69) is 10.2 Å². The number of ether oxygens (including phenoxy) is 1. The van der Waals surface area contributed by atoms with E-state index in [0.717, 1.165) is 13.1 Å². The zero-order valence-corrected chi connectivity index (χ0v) is 7.39. The number of methoxy groups -OCH3 is 1. The van der Waals surface area contributed by atoms with Crippen LogP contribution in [0.3, 0.4) is 0 Å². The summed E-state index contributed by atoms with van der Waals surface area (Å²) in [5.74, 6) is -0.239. The first kappa shape index (κ1) is 10.4. The largest absolute Gasteiger partial charge is 0.468 e. The van der Waals surface area contributed by atoms with Crippen LogP contribution in [0.5, 0.6) is 0 Å². The van der Waals surface area contributed by atoms with Gasteiger partial charge in [0, 0.05) is 13.1 Å². The van der Waals surface area contributed by atoms with Crippen molar-refractivity contribution in [3.05, 3.63) is 0 Å². The summed E-state index contributed by atoms with van der Waals surface area (Å²) in [4.78, 5) is 10.6. The highest BCUT2D eigenvalue weighted by atomic mass is 16.5. The van der Waals surface area contributed by atoms with E-state index in [1.54, 1.807) is 0 Å². The summed E-state index contributed by atoms with van der Waals surface area (Å²) in [5, 5.41) is 1.94. The van der Waals surface area contributed by atoms with E-state index in [-0.39, 0.29) is 12.5 Å². The van der Waals surface area contributed by atoms with Gasteiger partial charge in [0.05, 0.1) is 7.11 Å². The molecule has 0 aliphatic heterocycles. The highest BCUT2D eigenvalue weighted by Gasteiger charge is 2.01. The van der Waals surface area contributed by atoms with Crippen LogP contribution in [0.25, 0.3) is 0 Å². The maximum Gasteiger partial charge on any atom is 0.321 e. The molecular weight excluding hydrogens is 144 g/mol. The summed E-state index contributed by atoms with van der Waals surface area (Å²) >= 11 is 0. The average molecular weight is 160 g/mol. The van der Waals surface area contributed by atoms with Crippen molar-refractivity contribution >= 4 is 5.97 Å². The molecule has 0 saturated heterocycles. The minimum absolute atomic E-state index is 0.239. The summed E-state index contributed by atoms with van der Waals surface area (Å²) in [5.41, 5.74) is 2.93. The first-order chi connectivity index (χ1) is 5.24. The fraction of sp³-hybridized carbons (Fsp3) is 0.857. The quantitative estimate of drug-likeness (QED) is 0.454. The van der Waals surface area contributed by atoms with Crippen molar-refractivity contribution in [3.63, 3.8) is 0 Å². The summed E-state index contributed by atoms with van der Waals surface area (Å²) < 4.78 is 4.46. The molecule has 0 amide bonds. The molecule has 4 nitrogen and oxygen atoms in total. The van der Waals surface area contributed by atoms with Crippen molar-refractivity contribution in [2.75, 3.05) is 26.7 Å². The molecule has 0 heterocycles. The maximum absolute atomic E-state index is 10.6. The van der Waals surface area contributed by atoms with Crippen LogP contribution in [0.2, 0.25) is 0 Å². The van der Waals surface area contributed by atoms with Crippen molar-refractivity contribution in [2.45, 2.75) is 13.8 Å². The topological polar surface area (TPSA) is 41.6 Å². The van der Waals surface area contributed by atoms with Gasteiger partial charge in [-0.25, -0.2) is 10.4 Å². The second kappa shape index (κ2) is 6.12. The smallest absolute Gasteiger partial charge is 0.321 e. The van der Waals surface area contributed by atoms with Gasteiger partial charge in [-0.05, 0) is 0 Å². The lowest BCUT2D eigenvalue weighted by atomic mass is 10.6. The van der Waals surface area contributed by atoms with Gasteiger partial charge in [-0.2, -0.15) is 0 Å². The van der Waals surface area contributed by atoms with Gasteiger partial charge in [0.25, 0.3) is 0 Å². The molecule has 1 N–H and O–H groups in total. The molecule has 0 atom stereocenters. The number of hydrogen-bond acceptors (Lipinski definition) is 4. The molecular formula is C7H16N2O2. The minimum atomic E-state index is -0.239. The Bertz CT molecular complexity index is 113. The van der Waals surface area contributed by atoms with Crippen molar-refractivity contribution in [1.82, 2.24) is 10.4 Å². The molecule has 0 aromatic carbocycles. The predicted octanol–water partition coefficient (Wildman–Crippen LogP) is 0.00580. The fourth-order valence-electron chi connectivity index (χ4n) is 0.696. The summed E-state index contributed by atoms with van der Waals surface area (Å²) in [6.45, 7) is 6.06. The SMILES string of the molecule is CCN(CC)NCC(=O)OC. The van der Waals surface area contributed by atoms with Crippen LogP contribution in [0.4, 0.5) is 0 Å². The molecule has 66 valence electrons. The lowest BCUT2D eigenvalue weighted by Crippen LogP contribution is -2.40. The highest BCUT2D eigenvalue weighted by molar-refractivity contribution is 5.71. The van der Waals surface area contributed by atoms with E-state index in [0.29, 0.717) is 0 Å². The maximum atomic E-state index is 10.6. The minimum Gasteiger partial charge on any atom is -0.468 e. The Balaban J connectivity index is 3.42. The predicted molar refractivity (Wildman–Crippen MR) is 42.9 cm³/mol. The Morgan fingerprint density at radius 2 is 2.00 bits per heavy atom. The van der Waals surface area contributed by atoms with Crippen LogP contribution in [0.15, 0.2) is 0 Å². The van der Waals surface area contributed by atoms with Crippen LogP contribution in [-0.4, -0.2) is 37.7 Å². The van der Waals surface area contributed by atoms with Crippen molar-refractivity contribution in [3.8, 4) is 0 Å². The monoisotopic (exact) mass is 160 g/mol. The molecule has 0 radical (unpaired) electrons. The Morgan fingerprint density at radius 1 is 1.45 bits per heavy atom. The van der Waals surface area contributed by atoms with E-state index >= 15 is 0 Å². The number of carbonyl (C=O) groups is 1. The van der Waals surface area contributed by atoms with E-state index in [1.165, 1.54) is 7.11 Å². The molecule has 0 aromatic rings. The number of esters is 1. The third kappa shape index (κ3) is 4.75. The van der Waals surface area contributed by atoms with Crippen LogP contribution in [-0.2, 0) is 9.53 Å². The van der Waals surface area contributed by atoms with Gasteiger partial charge in [0.15, 0.2) is 0 Å². The van der Waals surface area contributed by atoms with Gasteiger partial charge in [-0.1, -0.05) is 13.8 Å². The number of nitrogens with one attached hydrogen (secondary N) is 1.